The predicted molar refractivity (Wildman–Crippen MR) is 239 cm³/mol. The van der Waals surface area contributed by atoms with Crippen molar-refractivity contribution in [2.75, 3.05) is 0 Å². The van der Waals surface area contributed by atoms with Crippen LogP contribution in [0.5, 0.6) is 0 Å². The van der Waals surface area contributed by atoms with Gasteiger partial charge >= 0.3 is 0 Å². The van der Waals surface area contributed by atoms with Gasteiger partial charge in [-0.25, -0.2) is 4.98 Å². The molecule has 1 heteroatoms. The molecule has 0 saturated heterocycles. The van der Waals surface area contributed by atoms with Crippen LogP contribution in [0.4, 0.5) is 0 Å². The maximum atomic E-state index is 5.22. The third kappa shape index (κ3) is 5.36. The Kier molecular flexibility index (Phi) is 7.57. The van der Waals surface area contributed by atoms with Gasteiger partial charge in [0.25, 0.3) is 0 Å². The summed E-state index contributed by atoms with van der Waals surface area (Å²) in [5.74, 6) is 0. The van der Waals surface area contributed by atoms with Crippen LogP contribution in [0.2, 0.25) is 0 Å². The second-order valence-corrected chi connectivity index (χ2v) is 14.7. The lowest BCUT2D eigenvalue weighted by Crippen LogP contribution is -1.92. The molecule has 1 heterocycles. The van der Waals surface area contributed by atoms with E-state index in [1.807, 2.05) is 0 Å². The molecule has 1 aromatic heterocycles. The minimum atomic E-state index is 0.972. The van der Waals surface area contributed by atoms with E-state index in [9.17, 15) is 0 Å². The molecule has 0 saturated carbocycles. The molecular formula is C55H35N. The van der Waals surface area contributed by atoms with Crippen molar-refractivity contribution in [3.05, 3.63) is 212 Å². The zero-order chi connectivity index (χ0) is 37.0. The molecule has 0 aliphatic carbocycles. The lowest BCUT2D eigenvalue weighted by atomic mass is 9.85. The van der Waals surface area contributed by atoms with E-state index < -0.39 is 0 Å². The van der Waals surface area contributed by atoms with E-state index in [0.29, 0.717) is 0 Å². The van der Waals surface area contributed by atoms with Crippen molar-refractivity contribution in [2.24, 2.45) is 0 Å². The Hall–Kier alpha value is -7.35. The molecule has 0 radical (unpaired) electrons. The summed E-state index contributed by atoms with van der Waals surface area (Å²) in [5.41, 5.74) is 12.8. The minimum Gasteiger partial charge on any atom is -0.248 e. The van der Waals surface area contributed by atoms with Crippen LogP contribution in [-0.2, 0) is 0 Å². The fraction of sp³-hybridized carbons (Fsp3) is 0. The van der Waals surface area contributed by atoms with Gasteiger partial charge in [0.2, 0.25) is 0 Å². The van der Waals surface area contributed by atoms with Gasteiger partial charge in [0.05, 0.1) is 11.2 Å². The van der Waals surface area contributed by atoms with Crippen LogP contribution < -0.4 is 0 Å². The summed E-state index contributed by atoms with van der Waals surface area (Å²) < 4.78 is 0. The summed E-state index contributed by atoms with van der Waals surface area (Å²) in [6.07, 6.45) is 0. The summed E-state index contributed by atoms with van der Waals surface area (Å²) in [4.78, 5) is 5.22. The Labute approximate surface area is 325 Å². The van der Waals surface area contributed by atoms with Crippen LogP contribution in [0.3, 0.4) is 0 Å². The molecular weight excluding hydrogens is 675 g/mol. The monoisotopic (exact) mass is 709 g/mol. The first-order valence-electron chi connectivity index (χ1n) is 19.3. The third-order valence-electron chi connectivity index (χ3n) is 11.4. The Morgan fingerprint density at radius 2 is 0.732 bits per heavy atom. The molecule has 56 heavy (non-hydrogen) atoms. The summed E-state index contributed by atoms with van der Waals surface area (Å²) in [6.45, 7) is 0. The Morgan fingerprint density at radius 1 is 0.268 bits per heavy atom. The van der Waals surface area contributed by atoms with Gasteiger partial charge < -0.3 is 0 Å². The highest BCUT2D eigenvalue weighted by atomic mass is 14.7. The van der Waals surface area contributed by atoms with E-state index in [2.05, 4.69) is 212 Å². The number of hydrogen-bond donors (Lipinski definition) is 0. The van der Waals surface area contributed by atoms with Crippen LogP contribution in [0.25, 0.3) is 110 Å². The van der Waals surface area contributed by atoms with Crippen LogP contribution in [0.15, 0.2) is 212 Å². The van der Waals surface area contributed by atoms with Crippen LogP contribution >= 0.6 is 0 Å². The molecule has 10 aromatic carbocycles. The van der Waals surface area contributed by atoms with Gasteiger partial charge in [0.15, 0.2) is 0 Å². The summed E-state index contributed by atoms with van der Waals surface area (Å²) in [6, 6.07) is 77.1. The quantitative estimate of drug-likeness (QED) is 0.128. The predicted octanol–water partition coefficient (Wildman–Crippen LogP) is 15.2. The second kappa shape index (κ2) is 13.2. The zero-order valence-electron chi connectivity index (χ0n) is 30.7. The van der Waals surface area contributed by atoms with Crippen molar-refractivity contribution in [1.82, 2.24) is 4.98 Å². The van der Waals surface area contributed by atoms with Crippen molar-refractivity contribution in [3.63, 3.8) is 0 Å². The fourth-order valence-electron chi connectivity index (χ4n) is 8.76. The standard InChI is InChI=1S/C55H35N/c1-2-13-39(14-3-1)50-35-52(56-51-33-32-40-15-6-7-17-45(40)55(50)51)41-27-22-37(23-28-41)38-24-29-42(30-25-38)53-46-18-8-10-20-48(46)54(49-21-11-9-19-47(49)53)44-31-26-36-12-4-5-16-43(36)34-44/h1-35H. The average Bonchev–Trinajstić information content (AvgIpc) is 3.28. The van der Waals surface area contributed by atoms with Crippen molar-refractivity contribution in [2.45, 2.75) is 0 Å². The highest BCUT2D eigenvalue weighted by Gasteiger charge is 2.17. The SMILES string of the molecule is c1ccc(-c2cc(-c3ccc(-c4ccc(-c5c6ccccc6c(-c6ccc7ccccc7c6)c6ccccc56)cc4)cc3)nc3ccc4ccccc4c23)cc1. The summed E-state index contributed by atoms with van der Waals surface area (Å²) >= 11 is 0. The number of fused-ring (bicyclic) bond motifs is 6. The Balaban J connectivity index is 0.981. The zero-order valence-corrected chi connectivity index (χ0v) is 30.7. The molecule has 0 N–H and O–H groups in total. The highest BCUT2D eigenvalue weighted by Crippen LogP contribution is 2.44. The number of hydrogen-bond acceptors (Lipinski definition) is 1. The molecule has 0 spiro atoms. The van der Waals surface area contributed by atoms with Crippen molar-refractivity contribution >= 4 is 54.0 Å². The van der Waals surface area contributed by atoms with E-state index in [1.165, 1.54) is 93.0 Å². The van der Waals surface area contributed by atoms with Gasteiger partial charge in [-0.2, -0.15) is 0 Å². The molecule has 0 aliphatic heterocycles. The molecule has 1 nitrogen and oxygen atoms in total. The molecule has 0 aliphatic rings. The van der Waals surface area contributed by atoms with E-state index in [-0.39, 0.29) is 0 Å². The normalized spacial score (nSPS) is 11.6. The number of nitrogens with zero attached hydrogens (tertiary/aromatic N) is 1. The Morgan fingerprint density at radius 3 is 1.38 bits per heavy atom. The molecule has 0 atom stereocenters. The van der Waals surface area contributed by atoms with Gasteiger partial charge in [-0.1, -0.05) is 194 Å². The average molecular weight is 710 g/mol. The first kappa shape index (κ1) is 32.1. The molecule has 0 fully saturated rings. The maximum Gasteiger partial charge on any atom is 0.0722 e. The lowest BCUT2D eigenvalue weighted by molar-refractivity contribution is 1.40. The minimum absolute atomic E-state index is 0.972. The largest absolute Gasteiger partial charge is 0.248 e. The van der Waals surface area contributed by atoms with E-state index in [1.54, 1.807) is 0 Å². The highest BCUT2D eigenvalue weighted by molar-refractivity contribution is 6.22. The van der Waals surface area contributed by atoms with E-state index in [4.69, 9.17) is 4.98 Å². The van der Waals surface area contributed by atoms with Crippen molar-refractivity contribution in [1.29, 1.82) is 0 Å². The smallest absolute Gasteiger partial charge is 0.0722 e. The van der Waals surface area contributed by atoms with E-state index in [0.717, 1.165) is 16.8 Å². The van der Waals surface area contributed by atoms with Gasteiger partial charge in [-0.15, -0.1) is 0 Å². The second-order valence-electron chi connectivity index (χ2n) is 14.7. The van der Waals surface area contributed by atoms with Gasteiger partial charge in [0.1, 0.15) is 0 Å². The number of rotatable bonds is 5. The maximum absolute atomic E-state index is 5.22. The molecule has 0 amide bonds. The first-order chi connectivity index (χ1) is 27.8. The summed E-state index contributed by atoms with van der Waals surface area (Å²) in [7, 11) is 0. The number of aromatic nitrogens is 1. The topological polar surface area (TPSA) is 12.9 Å². The van der Waals surface area contributed by atoms with Gasteiger partial charge in [0, 0.05) is 10.9 Å². The van der Waals surface area contributed by atoms with Crippen LogP contribution in [0, 0.1) is 0 Å². The molecule has 11 rings (SSSR count). The van der Waals surface area contributed by atoms with E-state index >= 15 is 0 Å². The fourth-order valence-corrected chi connectivity index (χ4v) is 8.76. The van der Waals surface area contributed by atoms with Crippen molar-refractivity contribution < 1.29 is 0 Å². The first-order valence-corrected chi connectivity index (χ1v) is 19.3. The van der Waals surface area contributed by atoms with Crippen LogP contribution in [-0.4, -0.2) is 4.98 Å². The number of pyridine rings is 1. The molecule has 260 valence electrons. The van der Waals surface area contributed by atoms with Crippen LogP contribution in [0.1, 0.15) is 0 Å². The molecule has 0 unspecified atom stereocenters. The lowest BCUT2D eigenvalue weighted by Gasteiger charge is -2.18. The van der Waals surface area contributed by atoms with Gasteiger partial charge in [-0.05, 0) is 106 Å². The molecule has 11 aromatic rings. The Bertz CT molecular complexity index is 3210. The third-order valence-corrected chi connectivity index (χ3v) is 11.4. The summed E-state index contributed by atoms with van der Waals surface area (Å²) in [5, 5.41) is 11.2. The number of benzene rings is 10. The van der Waals surface area contributed by atoms with Gasteiger partial charge in [-0.3, -0.25) is 0 Å². The van der Waals surface area contributed by atoms with Crippen molar-refractivity contribution in [3.8, 4) is 55.8 Å². The molecule has 0 bridgehead atoms.